The smallest absolute Gasteiger partial charge is 0.0768 e. The van der Waals surface area contributed by atoms with E-state index >= 15 is 0 Å². The number of aryl methyl sites for hydroxylation is 1. The van der Waals surface area contributed by atoms with Crippen molar-refractivity contribution in [2.24, 2.45) is 0 Å². The zero-order valence-corrected chi connectivity index (χ0v) is 7.96. The van der Waals surface area contributed by atoms with E-state index in [1.54, 1.807) is 0 Å². The minimum atomic E-state index is -0.290. The minimum absolute atomic E-state index is 0.290. The van der Waals surface area contributed by atoms with Gasteiger partial charge in [-0.3, -0.25) is 4.98 Å². The molecule has 0 radical (unpaired) electrons. The van der Waals surface area contributed by atoms with E-state index in [0.29, 0.717) is 13.0 Å². The van der Waals surface area contributed by atoms with Crippen molar-refractivity contribution in [1.29, 1.82) is 0 Å². The van der Waals surface area contributed by atoms with Crippen molar-refractivity contribution in [2.75, 3.05) is 11.9 Å². The number of anilines is 1. The average molecular weight is 178 g/mol. The molecule has 0 aliphatic carbocycles. The van der Waals surface area contributed by atoms with Gasteiger partial charge in [-0.1, -0.05) is 0 Å². The number of hydrogen-bond acceptors (Lipinski definition) is 3. The zero-order valence-electron chi connectivity index (χ0n) is 7.96. The number of pyridine rings is 1. The molecule has 0 spiro atoms. The van der Waals surface area contributed by atoms with E-state index in [9.17, 15) is 5.11 Å². The SMILES string of the molecule is Cc1cnc2c(c1C)NCC(O)C2. The number of aromatic nitrogens is 1. The van der Waals surface area contributed by atoms with Crippen LogP contribution in [-0.4, -0.2) is 22.7 Å². The summed E-state index contributed by atoms with van der Waals surface area (Å²) < 4.78 is 0. The predicted molar refractivity (Wildman–Crippen MR) is 51.9 cm³/mol. The summed E-state index contributed by atoms with van der Waals surface area (Å²) in [6, 6.07) is 0. The van der Waals surface area contributed by atoms with Gasteiger partial charge in [0, 0.05) is 19.2 Å². The second-order valence-corrected chi connectivity index (χ2v) is 3.63. The van der Waals surface area contributed by atoms with E-state index in [1.807, 2.05) is 6.20 Å². The van der Waals surface area contributed by atoms with Crippen LogP contribution in [0.4, 0.5) is 5.69 Å². The van der Waals surface area contributed by atoms with Crippen LogP contribution in [0.5, 0.6) is 0 Å². The molecule has 0 bridgehead atoms. The highest BCUT2D eigenvalue weighted by Gasteiger charge is 2.18. The number of nitrogens with zero attached hydrogens (tertiary/aromatic N) is 1. The number of rotatable bonds is 0. The van der Waals surface area contributed by atoms with E-state index in [0.717, 1.165) is 11.4 Å². The first-order chi connectivity index (χ1) is 6.18. The first kappa shape index (κ1) is 8.51. The Kier molecular flexibility index (Phi) is 1.96. The number of hydrogen-bond donors (Lipinski definition) is 2. The Morgan fingerprint density at radius 3 is 3.08 bits per heavy atom. The van der Waals surface area contributed by atoms with Gasteiger partial charge in [0.25, 0.3) is 0 Å². The normalized spacial score (nSPS) is 20.7. The molecule has 0 amide bonds. The maximum Gasteiger partial charge on any atom is 0.0768 e. The standard InChI is InChI=1S/C10H14N2O/c1-6-4-11-9-3-8(13)5-12-10(9)7(6)2/h4,8,12-13H,3,5H2,1-2H3. The third-order valence-electron chi connectivity index (χ3n) is 2.61. The highest BCUT2D eigenvalue weighted by Crippen LogP contribution is 2.25. The zero-order chi connectivity index (χ0) is 9.42. The summed E-state index contributed by atoms with van der Waals surface area (Å²) >= 11 is 0. The Morgan fingerprint density at radius 2 is 2.31 bits per heavy atom. The van der Waals surface area contributed by atoms with Crippen LogP contribution in [0.25, 0.3) is 0 Å². The Labute approximate surface area is 77.8 Å². The molecule has 0 fully saturated rings. The van der Waals surface area contributed by atoms with Crippen LogP contribution in [0.3, 0.4) is 0 Å². The highest BCUT2D eigenvalue weighted by atomic mass is 16.3. The molecular formula is C10H14N2O. The monoisotopic (exact) mass is 178 g/mol. The Balaban J connectivity index is 2.47. The fraction of sp³-hybridized carbons (Fsp3) is 0.500. The molecule has 1 atom stereocenters. The van der Waals surface area contributed by atoms with Crippen molar-refractivity contribution in [1.82, 2.24) is 4.98 Å². The summed E-state index contributed by atoms with van der Waals surface area (Å²) in [5, 5.41) is 12.6. The Morgan fingerprint density at radius 1 is 1.54 bits per heavy atom. The molecule has 13 heavy (non-hydrogen) atoms. The molecule has 1 aromatic rings. The van der Waals surface area contributed by atoms with Crippen molar-refractivity contribution < 1.29 is 5.11 Å². The Hall–Kier alpha value is -1.09. The molecule has 0 saturated heterocycles. The van der Waals surface area contributed by atoms with Crippen LogP contribution in [-0.2, 0) is 6.42 Å². The first-order valence-corrected chi connectivity index (χ1v) is 4.55. The predicted octanol–water partition coefficient (Wildman–Crippen LogP) is 1.03. The fourth-order valence-electron chi connectivity index (χ4n) is 1.65. The molecular weight excluding hydrogens is 164 g/mol. The summed E-state index contributed by atoms with van der Waals surface area (Å²) in [6.45, 7) is 4.77. The van der Waals surface area contributed by atoms with Crippen molar-refractivity contribution in [3.63, 3.8) is 0 Å². The van der Waals surface area contributed by atoms with Crippen LogP contribution >= 0.6 is 0 Å². The third-order valence-corrected chi connectivity index (χ3v) is 2.61. The molecule has 3 heteroatoms. The fourth-order valence-corrected chi connectivity index (χ4v) is 1.65. The average Bonchev–Trinajstić information content (AvgIpc) is 2.12. The van der Waals surface area contributed by atoms with Crippen molar-refractivity contribution in [3.8, 4) is 0 Å². The van der Waals surface area contributed by atoms with E-state index in [4.69, 9.17) is 0 Å². The van der Waals surface area contributed by atoms with Crippen molar-refractivity contribution >= 4 is 5.69 Å². The summed E-state index contributed by atoms with van der Waals surface area (Å²) in [7, 11) is 0. The van der Waals surface area contributed by atoms with E-state index < -0.39 is 0 Å². The largest absolute Gasteiger partial charge is 0.391 e. The molecule has 2 N–H and O–H groups in total. The minimum Gasteiger partial charge on any atom is -0.391 e. The lowest BCUT2D eigenvalue weighted by Gasteiger charge is -2.23. The van der Waals surface area contributed by atoms with Crippen LogP contribution in [0, 0.1) is 13.8 Å². The van der Waals surface area contributed by atoms with Gasteiger partial charge in [0.15, 0.2) is 0 Å². The van der Waals surface area contributed by atoms with Gasteiger partial charge in [0.2, 0.25) is 0 Å². The van der Waals surface area contributed by atoms with E-state index in [1.165, 1.54) is 11.1 Å². The van der Waals surface area contributed by atoms with Crippen molar-refractivity contribution in [2.45, 2.75) is 26.4 Å². The van der Waals surface area contributed by atoms with Gasteiger partial charge in [-0.05, 0) is 25.0 Å². The molecule has 1 unspecified atom stereocenters. The van der Waals surface area contributed by atoms with Gasteiger partial charge < -0.3 is 10.4 Å². The van der Waals surface area contributed by atoms with Crippen LogP contribution in [0.15, 0.2) is 6.20 Å². The molecule has 1 aliphatic heterocycles. The van der Waals surface area contributed by atoms with Gasteiger partial charge in [0.05, 0.1) is 17.5 Å². The van der Waals surface area contributed by atoms with E-state index in [-0.39, 0.29) is 6.10 Å². The van der Waals surface area contributed by atoms with Crippen molar-refractivity contribution in [3.05, 3.63) is 23.0 Å². The summed E-state index contributed by atoms with van der Waals surface area (Å²) in [5.41, 5.74) is 4.55. The Bertz CT molecular complexity index is 336. The molecule has 2 heterocycles. The van der Waals surface area contributed by atoms with E-state index in [2.05, 4.69) is 24.1 Å². The molecule has 3 nitrogen and oxygen atoms in total. The number of aliphatic hydroxyl groups excluding tert-OH is 1. The maximum absolute atomic E-state index is 9.41. The number of aliphatic hydroxyl groups is 1. The van der Waals surface area contributed by atoms with Gasteiger partial charge in [-0.15, -0.1) is 0 Å². The van der Waals surface area contributed by atoms with Gasteiger partial charge in [-0.25, -0.2) is 0 Å². The number of β-amino-alcohol motifs (C(OH)–C–C–N with tert-alkyl or cyclic N) is 1. The highest BCUT2D eigenvalue weighted by molar-refractivity contribution is 5.58. The summed E-state index contributed by atoms with van der Waals surface area (Å²) in [6.07, 6.45) is 2.25. The summed E-state index contributed by atoms with van der Waals surface area (Å²) in [4.78, 5) is 4.31. The molecule has 1 aromatic heterocycles. The second kappa shape index (κ2) is 3.00. The molecule has 1 aliphatic rings. The summed E-state index contributed by atoms with van der Waals surface area (Å²) in [5.74, 6) is 0. The molecule has 0 saturated carbocycles. The quantitative estimate of drug-likeness (QED) is 0.623. The lowest BCUT2D eigenvalue weighted by Crippen LogP contribution is -2.28. The lowest BCUT2D eigenvalue weighted by molar-refractivity contribution is 0.183. The van der Waals surface area contributed by atoms with Crippen LogP contribution in [0.2, 0.25) is 0 Å². The first-order valence-electron chi connectivity index (χ1n) is 4.55. The van der Waals surface area contributed by atoms with Gasteiger partial charge >= 0.3 is 0 Å². The number of fused-ring (bicyclic) bond motifs is 1. The maximum atomic E-state index is 9.41. The molecule has 2 rings (SSSR count). The van der Waals surface area contributed by atoms with Crippen LogP contribution in [0.1, 0.15) is 16.8 Å². The third kappa shape index (κ3) is 1.40. The van der Waals surface area contributed by atoms with Crippen LogP contribution < -0.4 is 5.32 Å². The molecule has 70 valence electrons. The molecule has 0 aromatic carbocycles. The lowest BCUT2D eigenvalue weighted by atomic mass is 10.0. The van der Waals surface area contributed by atoms with Gasteiger partial charge in [-0.2, -0.15) is 0 Å². The second-order valence-electron chi connectivity index (χ2n) is 3.63. The topological polar surface area (TPSA) is 45.2 Å². The van der Waals surface area contributed by atoms with Gasteiger partial charge in [0.1, 0.15) is 0 Å². The number of nitrogens with one attached hydrogen (secondary N) is 1.